The van der Waals surface area contributed by atoms with Crippen molar-refractivity contribution >= 4 is 15.7 Å². The van der Waals surface area contributed by atoms with E-state index < -0.39 is 10.0 Å². The SMILES string of the molecule is CC(N)CC(C)Nc1ccccc1S(=O)(=O)NC(C)C. The summed E-state index contributed by atoms with van der Waals surface area (Å²) < 4.78 is 27.2. The zero-order chi connectivity index (χ0) is 15.3. The predicted octanol–water partition coefficient (Wildman–Crippen LogP) is 1.91. The Bertz CT molecular complexity index is 527. The number of hydrogen-bond donors (Lipinski definition) is 3. The molecule has 0 spiro atoms. The van der Waals surface area contributed by atoms with E-state index in [1.165, 1.54) is 0 Å². The van der Waals surface area contributed by atoms with Crippen LogP contribution in [-0.4, -0.2) is 26.5 Å². The van der Waals surface area contributed by atoms with E-state index in [0.29, 0.717) is 5.69 Å². The van der Waals surface area contributed by atoms with Crippen molar-refractivity contribution in [2.45, 2.75) is 57.1 Å². The first kappa shape index (κ1) is 16.9. The summed E-state index contributed by atoms with van der Waals surface area (Å²) in [5, 5.41) is 3.22. The highest BCUT2D eigenvalue weighted by molar-refractivity contribution is 7.89. The molecule has 0 radical (unpaired) electrons. The van der Waals surface area contributed by atoms with Gasteiger partial charge >= 0.3 is 0 Å². The molecule has 0 aliphatic carbocycles. The van der Waals surface area contributed by atoms with Gasteiger partial charge in [0.1, 0.15) is 4.90 Å². The smallest absolute Gasteiger partial charge is 0.242 e. The lowest BCUT2D eigenvalue weighted by atomic mass is 10.1. The fourth-order valence-corrected chi connectivity index (χ4v) is 3.50. The first-order valence-electron chi connectivity index (χ1n) is 6.86. The molecule has 0 heterocycles. The number of para-hydroxylation sites is 1. The van der Waals surface area contributed by atoms with E-state index >= 15 is 0 Å². The van der Waals surface area contributed by atoms with E-state index in [-0.39, 0.29) is 23.0 Å². The fourth-order valence-electron chi connectivity index (χ4n) is 2.08. The van der Waals surface area contributed by atoms with Crippen molar-refractivity contribution in [1.82, 2.24) is 4.72 Å². The van der Waals surface area contributed by atoms with Gasteiger partial charge in [-0.05, 0) is 46.2 Å². The van der Waals surface area contributed by atoms with Gasteiger partial charge in [-0.15, -0.1) is 0 Å². The summed E-state index contributed by atoms with van der Waals surface area (Å²) in [7, 11) is -3.51. The largest absolute Gasteiger partial charge is 0.381 e. The molecule has 1 rings (SSSR count). The normalized spacial score (nSPS) is 15.1. The van der Waals surface area contributed by atoms with E-state index in [1.807, 2.05) is 19.9 Å². The molecule has 0 fully saturated rings. The van der Waals surface area contributed by atoms with Gasteiger partial charge < -0.3 is 11.1 Å². The van der Waals surface area contributed by atoms with Crippen LogP contribution in [0, 0.1) is 0 Å². The number of hydrogen-bond acceptors (Lipinski definition) is 4. The van der Waals surface area contributed by atoms with Crippen LogP contribution in [0.4, 0.5) is 5.69 Å². The molecule has 0 amide bonds. The minimum absolute atomic E-state index is 0.0649. The lowest BCUT2D eigenvalue weighted by Crippen LogP contribution is -2.32. The minimum atomic E-state index is -3.51. The number of rotatable bonds is 7. The molecular formula is C14H25N3O2S. The monoisotopic (exact) mass is 299 g/mol. The summed E-state index contributed by atoms with van der Waals surface area (Å²) >= 11 is 0. The van der Waals surface area contributed by atoms with Crippen LogP contribution >= 0.6 is 0 Å². The van der Waals surface area contributed by atoms with Gasteiger partial charge in [0, 0.05) is 18.1 Å². The Kier molecular flexibility index (Phi) is 5.98. The molecule has 2 unspecified atom stereocenters. The Morgan fingerprint density at radius 2 is 1.75 bits per heavy atom. The van der Waals surface area contributed by atoms with Crippen LogP contribution in [0.2, 0.25) is 0 Å². The van der Waals surface area contributed by atoms with Crippen LogP contribution in [0.1, 0.15) is 34.1 Å². The second kappa shape index (κ2) is 7.06. The molecule has 20 heavy (non-hydrogen) atoms. The van der Waals surface area contributed by atoms with Gasteiger partial charge in [0.05, 0.1) is 5.69 Å². The zero-order valence-electron chi connectivity index (χ0n) is 12.6. The number of nitrogens with one attached hydrogen (secondary N) is 2. The van der Waals surface area contributed by atoms with Crippen molar-refractivity contribution in [3.05, 3.63) is 24.3 Å². The minimum Gasteiger partial charge on any atom is -0.381 e. The maximum atomic E-state index is 12.3. The Labute approximate surface area is 122 Å². The van der Waals surface area contributed by atoms with Gasteiger partial charge in [-0.25, -0.2) is 13.1 Å². The average Bonchev–Trinajstić information content (AvgIpc) is 2.26. The molecule has 4 N–H and O–H groups in total. The zero-order valence-corrected chi connectivity index (χ0v) is 13.4. The molecular weight excluding hydrogens is 274 g/mol. The van der Waals surface area contributed by atoms with Crippen LogP contribution in [0.25, 0.3) is 0 Å². The Morgan fingerprint density at radius 3 is 2.30 bits per heavy atom. The molecule has 114 valence electrons. The van der Waals surface area contributed by atoms with Crippen LogP contribution in [0.15, 0.2) is 29.2 Å². The van der Waals surface area contributed by atoms with Gasteiger partial charge in [-0.1, -0.05) is 12.1 Å². The van der Waals surface area contributed by atoms with Crippen molar-refractivity contribution in [2.24, 2.45) is 5.73 Å². The van der Waals surface area contributed by atoms with Crippen molar-refractivity contribution in [3.63, 3.8) is 0 Å². The second-order valence-electron chi connectivity index (χ2n) is 5.53. The van der Waals surface area contributed by atoms with E-state index in [9.17, 15) is 8.42 Å². The number of nitrogens with two attached hydrogens (primary N) is 1. The van der Waals surface area contributed by atoms with E-state index in [2.05, 4.69) is 10.0 Å². The van der Waals surface area contributed by atoms with Crippen LogP contribution < -0.4 is 15.8 Å². The van der Waals surface area contributed by atoms with Crippen LogP contribution in [0.3, 0.4) is 0 Å². The topological polar surface area (TPSA) is 84.2 Å². The Morgan fingerprint density at radius 1 is 1.15 bits per heavy atom. The third-order valence-electron chi connectivity index (χ3n) is 2.69. The molecule has 0 saturated carbocycles. The predicted molar refractivity (Wildman–Crippen MR) is 83.3 cm³/mol. The summed E-state index contributed by atoms with van der Waals surface area (Å²) in [4.78, 5) is 0.269. The molecule has 0 bridgehead atoms. The van der Waals surface area contributed by atoms with Gasteiger partial charge in [-0.3, -0.25) is 0 Å². The molecule has 0 saturated heterocycles. The number of benzene rings is 1. The Balaban J connectivity index is 2.99. The van der Waals surface area contributed by atoms with Crippen molar-refractivity contribution in [3.8, 4) is 0 Å². The van der Waals surface area contributed by atoms with E-state index in [4.69, 9.17) is 5.73 Å². The number of sulfonamides is 1. The highest BCUT2D eigenvalue weighted by Crippen LogP contribution is 2.22. The number of anilines is 1. The second-order valence-corrected chi connectivity index (χ2v) is 7.21. The van der Waals surface area contributed by atoms with Crippen molar-refractivity contribution in [1.29, 1.82) is 0 Å². The standard InChI is InChI=1S/C14H25N3O2S/c1-10(2)17-20(18,19)14-8-6-5-7-13(14)16-12(4)9-11(3)15/h5-8,10-12,16-17H,9,15H2,1-4H3. The molecule has 1 aromatic carbocycles. The molecule has 0 aliphatic heterocycles. The molecule has 6 heteroatoms. The summed E-state index contributed by atoms with van der Waals surface area (Å²) in [5.74, 6) is 0. The maximum absolute atomic E-state index is 12.3. The third-order valence-corrected chi connectivity index (χ3v) is 4.41. The summed E-state index contributed by atoms with van der Waals surface area (Å²) in [6, 6.07) is 6.93. The highest BCUT2D eigenvalue weighted by Gasteiger charge is 2.20. The first-order chi connectivity index (χ1) is 9.22. The Hall–Kier alpha value is -1.11. The van der Waals surface area contributed by atoms with Crippen molar-refractivity contribution < 1.29 is 8.42 Å². The molecule has 1 aromatic rings. The summed E-state index contributed by atoms with van der Waals surface area (Å²) in [6.45, 7) is 7.52. The molecule has 5 nitrogen and oxygen atoms in total. The molecule has 0 aliphatic rings. The van der Waals surface area contributed by atoms with Crippen LogP contribution in [-0.2, 0) is 10.0 Å². The van der Waals surface area contributed by atoms with Gasteiger partial charge in [0.25, 0.3) is 0 Å². The van der Waals surface area contributed by atoms with Gasteiger partial charge in [-0.2, -0.15) is 0 Å². The quantitative estimate of drug-likeness (QED) is 0.718. The summed E-state index contributed by atoms with van der Waals surface area (Å²) in [5.41, 5.74) is 6.37. The summed E-state index contributed by atoms with van der Waals surface area (Å²) in [6.07, 6.45) is 0.770. The van der Waals surface area contributed by atoms with Crippen molar-refractivity contribution in [2.75, 3.05) is 5.32 Å². The van der Waals surface area contributed by atoms with E-state index in [0.717, 1.165) is 6.42 Å². The average molecular weight is 299 g/mol. The van der Waals surface area contributed by atoms with Gasteiger partial charge in [0.15, 0.2) is 0 Å². The van der Waals surface area contributed by atoms with Crippen LogP contribution in [0.5, 0.6) is 0 Å². The van der Waals surface area contributed by atoms with Gasteiger partial charge in [0.2, 0.25) is 10.0 Å². The maximum Gasteiger partial charge on any atom is 0.242 e. The third kappa shape index (κ3) is 5.11. The van der Waals surface area contributed by atoms with E-state index in [1.54, 1.807) is 32.0 Å². The first-order valence-corrected chi connectivity index (χ1v) is 8.34. The lowest BCUT2D eigenvalue weighted by Gasteiger charge is -2.20. The lowest BCUT2D eigenvalue weighted by molar-refractivity contribution is 0.569. The fraction of sp³-hybridized carbons (Fsp3) is 0.571. The molecule has 2 atom stereocenters. The highest BCUT2D eigenvalue weighted by atomic mass is 32.2. The molecule has 0 aromatic heterocycles.